The van der Waals surface area contributed by atoms with Gasteiger partial charge < -0.3 is 4.74 Å². The number of aromatic nitrogens is 2. The van der Waals surface area contributed by atoms with E-state index in [0.717, 1.165) is 17.8 Å². The Morgan fingerprint density at radius 1 is 1.50 bits per heavy atom. The van der Waals surface area contributed by atoms with E-state index in [0.29, 0.717) is 19.7 Å². The average Bonchev–Trinajstić information content (AvgIpc) is 2.82. The summed E-state index contributed by atoms with van der Waals surface area (Å²) in [4.78, 5) is 0. The van der Waals surface area contributed by atoms with Gasteiger partial charge >= 0.3 is 0 Å². The number of fused-ring (bicyclic) bond motifs is 1. The molecule has 1 atom stereocenters. The van der Waals surface area contributed by atoms with Crippen molar-refractivity contribution in [3.8, 4) is 0 Å². The van der Waals surface area contributed by atoms with Crippen molar-refractivity contribution in [3.63, 3.8) is 0 Å². The zero-order chi connectivity index (χ0) is 14.9. The third-order valence-corrected chi connectivity index (χ3v) is 5.43. The molecule has 1 unspecified atom stereocenters. The minimum atomic E-state index is -3.42. The third kappa shape index (κ3) is 2.60. The molecule has 2 heterocycles. The Kier molecular flexibility index (Phi) is 4.48. The standard InChI is InChI=1S/C12H22N4O3S/c1-5-16-12-10(6-13-16)7-15(8-11(12)9-19-4)20(17,18)14(2)3/h6,11H,5,7-9H2,1-4H3. The van der Waals surface area contributed by atoms with Gasteiger partial charge in [-0.3, -0.25) is 4.68 Å². The minimum Gasteiger partial charge on any atom is -0.384 e. The quantitative estimate of drug-likeness (QED) is 0.782. The van der Waals surface area contributed by atoms with Gasteiger partial charge in [0, 0.05) is 58.0 Å². The van der Waals surface area contributed by atoms with Crippen molar-refractivity contribution in [2.24, 2.45) is 0 Å². The summed E-state index contributed by atoms with van der Waals surface area (Å²) in [5.74, 6) is 0.0147. The van der Waals surface area contributed by atoms with Gasteiger partial charge in [-0.1, -0.05) is 0 Å². The SMILES string of the molecule is CCn1ncc2c1C(COC)CN(S(=O)(=O)N(C)C)C2. The first kappa shape index (κ1) is 15.4. The van der Waals surface area contributed by atoms with Crippen LogP contribution in [0.3, 0.4) is 0 Å². The van der Waals surface area contributed by atoms with Gasteiger partial charge in [0.2, 0.25) is 0 Å². The highest BCUT2D eigenvalue weighted by Crippen LogP contribution is 2.30. The number of aryl methyl sites for hydroxylation is 1. The van der Waals surface area contributed by atoms with Crippen LogP contribution in [0.2, 0.25) is 0 Å². The van der Waals surface area contributed by atoms with Crippen molar-refractivity contribution >= 4 is 10.2 Å². The largest absolute Gasteiger partial charge is 0.384 e. The molecule has 0 aliphatic carbocycles. The van der Waals surface area contributed by atoms with Crippen LogP contribution in [-0.4, -0.2) is 61.2 Å². The summed E-state index contributed by atoms with van der Waals surface area (Å²) >= 11 is 0. The Morgan fingerprint density at radius 2 is 2.20 bits per heavy atom. The molecule has 8 heteroatoms. The highest BCUT2D eigenvalue weighted by atomic mass is 32.2. The molecule has 0 N–H and O–H groups in total. The molecule has 20 heavy (non-hydrogen) atoms. The molecule has 1 aromatic heterocycles. The van der Waals surface area contributed by atoms with Crippen LogP contribution < -0.4 is 0 Å². The van der Waals surface area contributed by atoms with Crippen LogP contribution in [0.4, 0.5) is 0 Å². The van der Waals surface area contributed by atoms with Crippen molar-refractivity contribution in [3.05, 3.63) is 17.5 Å². The lowest BCUT2D eigenvalue weighted by Crippen LogP contribution is -2.45. The second kappa shape index (κ2) is 5.80. The van der Waals surface area contributed by atoms with Gasteiger partial charge in [-0.05, 0) is 6.92 Å². The van der Waals surface area contributed by atoms with Crippen molar-refractivity contribution < 1.29 is 13.2 Å². The van der Waals surface area contributed by atoms with Gasteiger partial charge in [-0.15, -0.1) is 0 Å². The van der Waals surface area contributed by atoms with E-state index in [4.69, 9.17) is 4.74 Å². The number of hydrogen-bond acceptors (Lipinski definition) is 4. The maximum Gasteiger partial charge on any atom is 0.281 e. The Balaban J connectivity index is 2.38. The summed E-state index contributed by atoms with van der Waals surface area (Å²) in [5.41, 5.74) is 2.06. The lowest BCUT2D eigenvalue weighted by atomic mass is 9.98. The molecule has 2 rings (SSSR count). The summed E-state index contributed by atoms with van der Waals surface area (Å²) in [5, 5.41) is 4.34. The predicted octanol–water partition coefficient (Wildman–Crippen LogP) is 0.255. The van der Waals surface area contributed by atoms with Crippen molar-refractivity contribution in [2.45, 2.75) is 25.9 Å². The number of nitrogens with zero attached hydrogens (tertiary/aromatic N) is 4. The van der Waals surface area contributed by atoms with Crippen molar-refractivity contribution in [2.75, 3.05) is 34.4 Å². The fourth-order valence-electron chi connectivity index (χ4n) is 2.61. The Hall–Kier alpha value is -0.960. The van der Waals surface area contributed by atoms with Gasteiger partial charge in [-0.2, -0.15) is 22.1 Å². The summed E-state index contributed by atoms with van der Waals surface area (Å²) in [6.45, 7) is 4.08. The van der Waals surface area contributed by atoms with Crippen molar-refractivity contribution in [1.29, 1.82) is 0 Å². The van der Waals surface area contributed by atoms with Gasteiger partial charge in [0.15, 0.2) is 0 Å². The first-order chi connectivity index (χ1) is 9.41. The van der Waals surface area contributed by atoms with Gasteiger partial charge in [-0.25, -0.2) is 0 Å². The van der Waals surface area contributed by atoms with Crippen LogP contribution in [0, 0.1) is 0 Å². The summed E-state index contributed by atoms with van der Waals surface area (Å²) in [6.07, 6.45) is 1.76. The Labute approximate surface area is 120 Å². The van der Waals surface area contributed by atoms with Crippen LogP contribution in [-0.2, 0) is 28.0 Å². The molecule has 7 nitrogen and oxygen atoms in total. The van der Waals surface area contributed by atoms with E-state index in [2.05, 4.69) is 5.10 Å². The maximum absolute atomic E-state index is 12.3. The molecule has 0 radical (unpaired) electrons. The lowest BCUT2D eigenvalue weighted by molar-refractivity contribution is 0.157. The highest BCUT2D eigenvalue weighted by Gasteiger charge is 2.35. The van der Waals surface area contributed by atoms with Gasteiger partial charge in [0.25, 0.3) is 10.2 Å². The minimum absolute atomic E-state index is 0.0147. The first-order valence-electron chi connectivity index (χ1n) is 6.62. The van der Waals surface area contributed by atoms with E-state index >= 15 is 0 Å². The van der Waals surface area contributed by atoms with Crippen LogP contribution in [0.15, 0.2) is 6.20 Å². The van der Waals surface area contributed by atoms with Crippen LogP contribution >= 0.6 is 0 Å². The smallest absolute Gasteiger partial charge is 0.281 e. The molecule has 0 spiro atoms. The van der Waals surface area contributed by atoms with Crippen molar-refractivity contribution in [1.82, 2.24) is 18.4 Å². The Bertz CT molecular complexity index is 567. The molecule has 0 saturated carbocycles. The fraction of sp³-hybridized carbons (Fsp3) is 0.750. The summed E-state index contributed by atoms with van der Waals surface area (Å²) in [6, 6.07) is 0. The third-order valence-electron chi connectivity index (χ3n) is 3.57. The first-order valence-corrected chi connectivity index (χ1v) is 8.02. The predicted molar refractivity (Wildman–Crippen MR) is 75.5 cm³/mol. The van der Waals surface area contributed by atoms with E-state index in [1.165, 1.54) is 8.61 Å². The maximum atomic E-state index is 12.3. The second-order valence-electron chi connectivity index (χ2n) is 5.11. The molecule has 1 aromatic rings. The fourth-order valence-corrected chi connectivity index (χ4v) is 3.74. The van der Waals surface area contributed by atoms with Gasteiger partial charge in [0.05, 0.1) is 12.8 Å². The zero-order valence-electron chi connectivity index (χ0n) is 12.4. The lowest BCUT2D eigenvalue weighted by Gasteiger charge is -2.33. The van der Waals surface area contributed by atoms with Crippen LogP contribution in [0.5, 0.6) is 0 Å². The molecule has 0 fully saturated rings. The average molecular weight is 302 g/mol. The van der Waals surface area contributed by atoms with Crippen LogP contribution in [0.1, 0.15) is 24.1 Å². The van der Waals surface area contributed by atoms with Gasteiger partial charge in [0.1, 0.15) is 0 Å². The summed E-state index contributed by atoms with van der Waals surface area (Å²) < 4.78 is 34.5. The number of ether oxygens (including phenoxy) is 1. The zero-order valence-corrected chi connectivity index (χ0v) is 13.2. The molecule has 0 bridgehead atoms. The number of hydrogen-bond donors (Lipinski definition) is 0. The van der Waals surface area contributed by atoms with E-state index in [9.17, 15) is 8.42 Å². The second-order valence-corrected chi connectivity index (χ2v) is 7.25. The molecule has 0 aromatic carbocycles. The van der Waals surface area contributed by atoms with E-state index in [1.807, 2.05) is 11.6 Å². The topological polar surface area (TPSA) is 67.7 Å². The highest BCUT2D eigenvalue weighted by molar-refractivity contribution is 7.86. The molecular formula is C12H22N4O3S. The molecule has 1 aliphatic heterocycles. The molecular weight excluding hydrogens is 280 g/mol. The Morgan fingerprint density at radius 3 is 2.75 bits per heavy atom. The number of methoxy groups -OCH3 is 1. The summed E-state index contributed by atoms with van der Waals surface area (Å²) in [7, 11) is 1.31. The number of rotatable bonds is 5. The normalized spacial score (nSPS) is 20.4. The van der Waals surface area contributed by atoms with E-state index < -0.39 is 10.2 Å². The molecule has 0 saturated heterocycles. The molecule has 1 aliphatic rings. The van der Waals surface area contributed by atoms with Crippen LogP contribution in [0.25, 0.3) is 0 Å². The monoisotopic (exact) mass is 302 g/mol. The molecule has 0 amide bonds. The molecule has 114 valence electrons. The van der Waals surface area contributed by atoms with E-state index in [-0.39, 0.29) is 5.92 Å². The van der Waals surface area contributed by atoms with E-state index in [1.54, 1.807) is 27.4 Å².